The van der Waals surface area contributed by atoms with Crippen LogP contribution in [0.25, 0.3) is 0 Å². The van der Waals surface area contributed by atoms with E-state index < -0.39 is 23.1 Å². The van der Waals surface area contributed by atoms with E-state index in [1.165, 1.54) is 54.7 Å². The van der Waals surface area contributed by atoms with Gasteiger partial charge in [0.05, 0.1) is 6.42 Å². The summed E-state index contributed by atoms with van der Waals surface area (Å²) in [5.41, 5.74) is 0.334. The summed E-state index contributed by atoms with van der Waals surface area (Å²) >= 11 is 5.14. The average Bonchev–Trinajstić information content (AvgIpc) is 2.95. The Kier molecular flexibility index (Phi) is 11.0. The van der Waals surface area contributed by atoms with Gasteiger partial charge in [-0.1, -0.05) is 12.1 Å². The summed E-state index contributed by atoms with van der Waals surface area (Å²) in [4.78, 5) is 43.0. The number of nitrogens with one attached hydrogen (secondary N) is 3. The molecule has 0 unspecified atom stereocenters. The standard InChI is InChI=1S/C32H35F2N5O5S/c1-32(2,3)44-31(42)39-14-11-21(12-15-39)17-28(40)37-27-19-24(10-13-35-27)43-26-9-8-23(18-25(26)34)36-30(45)38-29(41)16-20-4-6-22(33)7-5-20/h4-10,13,18-19,21H,11-12,14-17H2,1-3H3,(H,35,37,40)(H2,36,38,41,45). The Morgan fingerprint density at radius 3 is 2.36 bits per heavy atom. The zero-order valence-corrected chi connectivity index (χ0v) is 26.0. The minimum Gasteiger partial charge on any atom is -0.454 e. The van der Waals surface area contributed by atoms with E-state index in [-0.39, 0.29) is 58.9 Å². The Morgan fingerprint density at radius 2 is 1.69 bits per heavy atom. The maximum absolute atomic E-state index is 14.9. The first-order valence-corrected chi connectivity index (χ1v) is 14.8. The van der Waals surface area contributed by atoms with Gasteiger partial charge in [0.25, 0.3) is 0 Å². The third kappa shape index (κ3) is 10.8. The van der Waals surface area contributed by atoms with Crippen molar-refractivity contribution in [3.63, 3.8) is 0 Å². The van der Waals surface area contributed by atoms with Crippen molar-refractivity contribution in [3.8, 4) is 11.5 Å². The first kappa shape index (κ1) is 33.2. The maximum atomic E-state index is 14.9. The molecule has 3 amide bonds. The second-order valence-electron chi connectivity index (χ2n) is 11.6. The monoisotopic (exact) mass is 639 g/mol. The fraction of sp³-hybridized carbons (Fsp3) is 0.344. The number of aromatic nitrogens is 1. The van der Waals surface area contributed by atoms with Crippen LogP contribution in [0.5, 0.6) is 11.5 Å². The second kappa shape index (κ2) is 14.9. The molecule has 3 aromatic rings. The molecular weight excluding hydrogens is 604 g/mol. The number of rotatable bonds is 8. The Bertz CT molecular complexity index is 1540. The normalized spacial score (nSPS) is 13.5. The van der Waals surface area contributed by atoms with E-state index in [1.54, 1.807) is 4.90 Å². The minimum atomic E-state index is -0.694. The lowest BCUT2D eigenvalue weighted by atomic mass is 9.93. The predicted molar refractivity (Wildman–Crippen MR) is 169 cm³/mol. The first-order valence-electron chi connectivity index (χ1n) is 14.4. The van der Waals surface area contributed by atoms with Crippen LogP contribution in [0.2, 0.25) is 0 Å². The molecule has 0 spiro atoms. The summed E-state index contributed by atoms with van der Waals surface area (Å²) in [6, 6.07) is 12.6. The molecule has 45 heavy (non-hydrogen) atoms. The molecular formula is C32H35F2N5O5S. The Hall–Kier alpha value is -4.65. The largest absolute Gasteiger partial charge is 0.454 e. The van der Waals surface area contributed by atoms with Crippen molar-refractivity contribution in [1.29, 1.82) is 0 Å². The minimum absolute atomic E-state index is 0.00716. The second-order valence-corrected chi connectivity index (χ2v) is 12.0. The van der Waals surface area contributed by atoms with Gasteiger partial charge in [-0.3, -0.25) is 9.59 Å². The smallest absolute Gasteiger partial charge is 0.410 e. The van der Waals surface area contributed by atoms with Crippen molar-refractivity contribution < 1.29 is 32.6 Å². The van der Waals surface area contributed by atoms with Crippen molar-refractivity contribution in [1.82, 2.24) is 15.2 Å². The number of anilines is 2. The molecule has 0 bridgehead atoms. The lowest BCUT2D eigenvalue weighted by molar-refractivity contribution is -0.119. The molecule has 3 N–H and O–H groups in total. The van der Waals surface area contributed by atoms with E-state index in [0.29, 0.717) is 31.5 Å². The van der Waals surface area contributed by atoms with E-state index in [1.807, 2.05) is 20.8 Å². The molecule has 238 valence electrons. The van der Waals surface area contributed by atoms with E-state index >= 15 is 0 Å². The number of hydrogen-bond donors (Lipinski definition) is 3. The molecule has 0 atom stereocenters. The molecule has 2 aromatic carbocycles. The topological polar surface area (TPSA) is 122 Å². The summed E-state index contributed by atoms with van der Waals surface area (Å²) in [5, 5.41) is 7.96. The number of pyridine rings is 1. The lowest BCUT2D eigenvalue weighted by Gasteiger charge is -2.33. The van der Waals surface area contributed by atoms with Gasteiger partial charge < -0.3 is 30.3 Å². The van der Waals surface area contributed by atoms with Crippen LogP contribution in [0, 0.1) is 17.6 Å². The Morgan fingerprint density at radius 1 is 0.978 bits per heavy atom. The van der Waals surface area contributed by atoms with Crippen molar-refractivity contribution in [2.75, 3.05) is 23.7 Å². The molecule has 1 aromatic heterocycles. The van der Waals surface area contributed by atoms with Gasteiger partial charge in [0.15, 0.2) is 16.7 Å². The number of ether oxygens (including phenoxy) is 2. The highest BCUT2D eigenvalue weighted by molar-refractivity contribution is 7.80. The van der Waals surface area contributed by atoms with Gasteiger partial charge in [-0.25, -0.2) is 18.6 Å². The van der Waals surface area contributed by atoms with Crippen molar-refractivity contribution in [2.45, 2.75) is 52.1 Å². The van der Waals surface area contributed by atoms with Crippen molar-refractivity contribution in [2.24, 2.45) is 5.92 Å². The van der Waals surface area contributed by atoms with Gasteiger partial charge in [-0.2, -0.15) is 0 Å². The van der Waals surface area contributed by atoms with Crippen LogP contribution in [-0.4, -0.2) is 51.6 Å². The summed E-state index contributed by atoms with van der Waals surface area (Å²) in [6.45, 7) is 6.51. The molecule has 4 rings (SSSR count). The fourth-order valence-electron chi connectivity index (χ4n) is 4.55. The number of benzene rings is 2. The molecule has 0 radical (unpaired) electrons. The molecule has 10 nitrogen and oxygen atoms in total. The molecule has 0 aliphatic carbocycles. The molecule has 1 fully saturated rings. The van der Waals surface area contributed by atoms with E-state index in [2.05, 4.69) is 20.9 Å². The van der Waals surface area contributed by atoms with Crippen LogP contribution >= 0.6 is 12.2 Å². The third-order valence-electron chi connectivity index (χ3n) is 6.69. The number of carbonyl (C=O) groups excluding carboxylic acids is 3. The number of likely N-dealkylation sites (tertiary alicyclic amines) is 1. The number of thiocarbonyl (C=S) groups is 1. The van der Waals surface area contributed by atoms with Gasteiger partial charge in [0.1, 0.15) is 23.0 Å². The fourth-order valence-corrected chi connectivity index (χ4v) is 4.79. The van der Waals surface area contributed by atoms with Crippen LogP contribution in [0.15, 0.2) is 60.8 Å². The van der Waals surface area contributed by atoms with E-state index in [9.17, 15) is 23.2 Å². The Balaban J connectivity index is 1.24. The summed E-state index contributed by atoms with van der Waals surface area (Å²) < 4.78 is 39.0. The maximum Gasteiger partial charge on any atom is 0.410 e. The molecule has 1 aliphatic heterocycles. The quantitative estimate of drug-likeness (QED) is 0.250. The van der Waals surface area contributed by atoms with Gasteiger partial charge >= 0.3 is 6.09 Å². The van der Waals surface area contributed by atoms with Gasteiger partial charge in [-0.15, -0.1) is 0 Å². The van der Waals surface area contributed by atoms with Crippen molar-refractivity contribution in [3.05, 3.63) is 78.0 Å². The van der Waals surface area contributed by atoms with Gasteiger partial charge in [0.2, 0.25) is 11.8 Å². The van der Waals surface area contributed by atoms with E-state index in [0.717, 1.165) is 6.07 Å². The molecule has 13 heteroatoms. The van der Waals surface area contributed by atoms with Gasteiger partial charge in [-0.05, 0) is 87.6 Å². The zero-order valence-electron chi connectivity index (χ0n) is 25.2. The van der Waals surface area contributed by atoms with Crippen LogP contribution in [0.4, 0.5) is 25.1 Å². The summed E-state index contributed by atoms with van der Waals surface area (Å²) in [7, 11) is 0. The molecule has 2 heterocycles. The van der Waals surface area contributed by atoms with Crippen molar-refractivity contribution >= 4 is 46.7 Å². The summed E-state index contributed by atoms with van der Waals surface area (Å²) in [6.07, 6.45) is 2.71. The highest BCUT2D eigenvalue weighted by Crippen LogP contribution is 2.28. The number of carbonyl (C=O) groups is 3. The van der Waals surface area contributed by atoms with Gasteiger partial charge in [0, 0.05) is 43.5 Å². The number of nitrogens with zero attached hydrogens (tertiary/aromatic N) is 2. The molecule has 1 aliphatic rings. The highest BCUT2D eigenvalue weighted by atomic mass is 32.1. The Labute approximate surface area is 265 Å². The molecule has 1 saturated heterocycles. The summed E-state index contributed by atoms with van der Waals surface area (Å²) in [5.74, 6) is -1.18. The predicted octanol–water partition coefficient (Wildman–Crippen LogP) is 6.18. The lowest BCUT2D eigenvalue weighted by Crippen LogP contribution is -2.42. The number of hydrogen-bond acceptors (Lipinski definition) is 7. The van der Waals surface area contributed by atoms with Crippen LogP contribution in [0.1, 0.15) is 45.6 Å². The van der Waals surface area contributed by atoms with Crippen LogP contribution in [-0.2, 0) is 20.7 Å². The highest BCUT2D eigenvalue weighted by Gasteiger charge is 2.28. The first-order chi connectivity index (χ1) is 21.3. The van der Waals surface area contributed by atoms with Crippen LogP contribution in [0.3, 0.4) is 0 Å². The number of piperidine rings is 1. The number of halogens is 2. The molecule has 0 saturated carbocycles. The van der Waals surface area contributed by atoms with Crippen LogP contribution < -0.4 is 20.7 Å². The third-order valence-corrected chi connectivity index (χ3v) is 6.89. The average molecular weight is 640 g/mol. The zero-order chi connectivity index (χ0) is 32.6. The SMILES string of the molecule is CC(C)(C)OC(=O)N1CCC(CC(=O)Nc2cc(Oc3ccc(NC(=S)NC(=O)Cc4ccc(F)cc4)cc3F)ccn2)CC1. The van der Waals surface area contributed by atoms with E-state index in [4.69, 9.17) is 21.7 Å². The number of amides is 3.